The topological polar surface area (TPSA) is 26.3 Å². The van der Waals surface area contributed by atoms with Gasteiger partial charge in [-0.25, -0.2) is 0 Å². The van der Waals surface area contributed by atoms with Gasteiger partial charge in [-0.3, -0.25) is 4.79 Å². The Morgan fingerprint density at radius 1 is 1.00 bits per heavy atom. The van der Waals surface area contributed by atoms with Gasteiger partial charge in [-0.15, -0.1) is 0 Å². The van der Waals surface area contributed by atoms with Gasteiger partial charge < -0.3 is 4.74 Å². The Balaban J connectivity index is 1.89. The monoisotopic (exact) mass is 296 g/mol. The zero-order chi connectivity index (χ0) is 16.1. The molecule has 22 heavy (non-hydrogen) atoms. The molecule has 0 atom stereocenters. The third-order valence-electron chi connectivity index (χ3n) is 3.69. The Morgan fingerprint density at radius 2 is 1.59 bits per heavy atom. The molecule has 2 nitrogen and oxygen atoms in total. The number of rotatable bonds is 5. The molecule has 2 heteroatoms. The van der Waals surface area contributed by atoms with Crippen LogP contribution < -0.4 is 4.74 Å². The van der Waals surface area contributed by atoms with Crippen LogP contribution in [0.4, 0.5) is 0 Å². The minimum absolute atomic E-state index is 0.182. The standard InChI is InChI=1S/C20H24O2/c1-14(2)18-8-5-17(6-9-18)7-10-20(21)22-19-12-15(3)11-16(4)13-19/h5-6,8-9,11-14H,7,10H2,1-4H3. The number of hydrogen-bond donors (Lipinski definition) is 0. The molecule has 0 aliphatic rings. The third-order valence-corrected chi connectivity index (χ3v) is 3.69. The molecule has 0 aromatic heterocycles. The molecule has 0 N–H and O–H groups in total. The molecule has 116 valence electrons. The number of aryl methyl sites for hydroxylation is 3. The summed E-state index contributed by atoms with van der Waals surface area (Å²) in [4.78, 5) is 12.0. The van der Waals surface area contributed by atoms with E-state index in [2.05, 4.69) is 44.2 Å². The molecule has 0 bridgehead atoms. The Kier molecular flexibility index (Phi) is 5.37. The number of hydrogen-bond acceptors (Lipinski definition) is 2. The maximum atomic E-state index is 12.0. The average molecular weight is 296 g/mol. The quantitative estimate of drug-likeness (QED) is 0.575. The largest absolute Gasteiger partial charge is 0.427 e. The lowest BCUT2D eigenvalue weighted by Crippen LogP contribution is -2.09. The molecule has 2 aromatic carbocycles. The van der Waals surface area contributed by atoms with Crippen molar-refractivity contribution in [3.63, 3.8) is 0 Å². The summed E-state index contributed by atoms with van der Waals surface area (Å²) in [5.74, 6) is 0.985. The number of esters is 1. The normalized spacial score (nSPS) is 10.8. The first kappa shape index (κ1) is 16.3. The Labute approximate surface area is 133 Å². The predicted molar refractivity (Wildman–Crippen MR) is 90.4 cm³/mol. The van der Waals surface area contributed by atoms with E-state index in [4.69, 9.17) is 4.74 Å². The van der Waals surface area contributed by atoms with Crippen molar-refractivity contribution >= 4 is 5.97 Å². The molecular weight excluding hydrogens is 272 g/mol. The zero-order valence-corrected chi connectivity index (χ0v) is 13.8. The summed E-state index contributed by atoms with van der Waals surface area (Å²) in [6.45, 7) is 8.35. The summed E-state index contributed by atoms with van der Waals surface area (Å²) in [5, 5.41) is 0. The van der Waals surface area contributed by atoms with Crippen LogP contribution in [0.25, 0.3) is 0 Å². The summed E-state index contributed by atoms with van der Waals surface area (Å²) in [7, 11) is 0. The molecule has 2 rings (SSSR count). The van der Waals surface area contributed by atoms with E-state index >= 15 is 0 Å². The minimum atomic E-state index is -0.182. The van der Waals surface area contributed by atoms with Crippen molar-refractivity contribution in [1.29, 1.82) is 0 Å². The van der Waals surface area contributed by atoms with Gasteiger partial charge in [-0.1, -0.05) is 44.2 Å². The van der Waals surface area contributed by atoms with E-state index in [-0.39, 0.29) is 5.97 Å². The molecule has 0 amide bonds. The molecule has 0 unspecified atom stereocenters. The molecular formula is C20H24O2. The summed E-state index contributed by atoms with van der Waals surface area (Å²) in [6.07, 6.45) is 1.11. The highest BCUT2D eigenvalue weighted by Crippen LogP contribution is 2.18. The van der Waals surface area contributed by atoms with Crippen molar-refractivity contribution in [2.75, 3.05) is 0 Å². The number of ether oxygens (including phenoxy) is 1. The summed E-state index contributed by atoms with van der Waals surface area (Å²) >= 11 is 0. The Bertz CT molecular complexity index is 619. The maximum Gasteiger partial charge on any atom is 0.311 e. The molecule has 0 saturated carbocycles. The fourth-order valence-electron chi connectivity index (χ4n) is 2.49. The van der Waals surface area contributed by atoms with Crippen LogP contribution in [0.5, 0.6) is 5.75 Å². The van der Waals surface area contributed by atoms with Crippen molar-refractivity contribution in [2.24, 2.45) is 0 Å². The Hall–Kier alpha value is -2.09. The molecule has 0 radical (unpaired) electrons. The van der Waals surface area contributed by atoms with Gasteiger partial charge in [0.2, 0.25) is 0 Å². The first-order valence-electron chi connectivity index (χ1n) is 7.82. The van der Waals surface area contributed by atoms with Crippen LogP contribution in [-0.2, 0) is 11.2 Å². The van der Waals surface area contributed by atoms with Crippen molar-refractivity contribution in [1.82, 2.24) is 0 Å². The number of carbonyl (C=O) groups excluding carboxylic acids is 1. The van der Waals surface area contributed by atoms with Crippen LogP contribution >= 0.6 is 0 Å². The third kappa shape index (κ3) is 4.73. The van der Waals surface area contributed by atoms with E-state index in [1.807, 2.05) is 26.0 Å². The lowest BCUT2D eigenvalue weighted by Gasteiger charge is -2.08. The molecule has 0 heterocycles. The van der Waals surface area contributed by atoms with Gasteiger partial charge in [0.05, 0.1) is 0 Å². The fourth-order valence-corrected chi connectivity index (χ4v) is 2.49. The van der Waals surface area contributed by atoms with Crippen LogP contribution in [0, 0.1) is 13.8 Å². The first-order valence-corrected chi connectivity index (χ1v) is 7.82. The molecule has 2 aromatic rings. The molecule has 0 spiro atoms. The van der Waals surface area contributed by atoms with Gasteiger partial charge in [0.1, 0.15) is 5.75 Å². The highest BCUT2D eigenvalue weighted by atomic mass is 16.5. The van der Waals surface area contributed by atoms with Crippen molar-refractivity contribution in [2.45, 2.75) is 46.5 Å². The van der Waals surface area contributed by atoms with Crippen molar-refractivity contribution < 1.29 is 9.53 Å². The van der Waals surface area contributed by atoms with Gasteiger partial charge in [0, 0.05) is 6.42 Å². The van der Waals surface area contributed by atoms with Crippen LogP contribution in [0.15, 0.2) is 42.5 Å². The summed E-state index contributed by atoms with van der Waals surface area (Å²) in [5.41, 5.74) is 4.70. The highest BCUT2D eigenvalue weighted by molar-refractivity contribution is 5.72. The van der Waals surface area contributed by atoms with E-state index in [1.165, 1.54) is 11.1 Å². The molecule has 0 aliphatic heterocycles. The van der Waals surface area contributed by atoms with Crippen molar-refractivity contribution in [3.05, 3.63) is 64.7 Å². The van der Waals surface area contributed by atoms with Crippen LogP contribution in [-0.4, -0.2) is 5.97 Å². The summed E-state index contributed by atoms with van der Waals surface area (Å²) < 4.78 is 5.42. The van der Waals surface area contributed by atoms with Gasteiger partial charge in [-0.05, 0) is 60.6 Å². The minimum Gasteiger partial charge on any atom is -0.427 e. The molecule has 0 aliphatic carbocycles. The second kappa shape index (κ2) is 7.26. The second-order valence-electron chi connectivity index (χ2n) is 6.19. The molecule has 0 saturated heterocycles. The number of benzene rings is 2. The maximum absolute atomic E-state index is 12.0. The Morgan fingerprint density at radius 3 is 2.14 bits per heavy atom. The van der Waals surface area contributed by atoms with E-state index in [0.717, 1.165) is 11.1 Å². The fraction of sp³-hybridized carbons (Fsp3) is 0.350. The van der Waals surface area contributed by atoms with Crippen LogP contribution in [0.3, 0.4) is 0 Å². The summed E-state index contributed by atoms with van der Waals surface area (Å²) in [6, 6.07) is 14.3. The van der Waals surface area contributed by atoms with Gasteiger partial charge in [0.25, 0.3) is 0 Å². The van der Waals surface area contributed by atoms with E-state index < -0.39 is 0 Å². The molecule has 0 fully saturated rings. The van der Waals surface area contributed by atoms with Crippen LogP contribution in [0.2, 0.25) is 0 Å². The SMILES string of the molecule is Cc1cc(C)cc(OC(=O)CCc2ccc(C(C)C)cc2)c1. The second-order valence-corrected chi connectivity index (χ2v) is 6.19. The predicted octanol–water partition coefficient (Wildman–Crippen LogP) is 4.97. The van der Waals surface area contributed by atoms with E-state index in [0.29, 0.717) is 24.5 Å². The van der Waals surface area contributed by atoms with E-state index in [1.54, 1.807) is 0 Å². The van der Waals surface area contributed by atoms with E-state index in [9.17, 15) is 4.79 Å². The lowest BCUT2D eigenvalue weighted by atomic mass is 10.0. The van der Waals surface area contributed by atoms with Gasteiger partial charge in [0.15, 0.2) is 0 Å². The van der Waals surface area contributed by atoms with Crippen molar-refractivity contribution in [3.8, 4) is 5.75 Å². The van der Waals surface area contributed by atoms with Crippen LogP contribution in [0.1, 0.15) is 48.4 Å². The smallest absolute Gasteiger partial charge is 0.311 e. The average Bonchev–Trinajstić information content (AvgIpc) is 2.44. The van der Waals surface area contributed by atoms with Gasteiger partial charge >= 0.3 is 5.97 Å². The highest BCUT2D eigenvalue weighted by Gasteiger charge is 2.07. The first-order chi connectivity index (χ1) is 10.4. The lowest BCUT2D eigenvalue weighted by molar-refractivity contribution is -0.134. The number of carbonyl (C=O) groups is 1. The van der Waals surface area contributed by atoms with Gasteiger partial charge in [-0.2, -0.15) is 0 Å². The zero-order valence-electron chi connectivity index (χ0n) is 13.8.